The maximum absolute atomic E-state index is 4.91. The molecular formula is C17H21BrN2S. The Labute approximate surface area is 139 Å². The lowest BCUT2D eigenvalue weighted by atomic mass is 9.93. The number of benzene rings is 1. The van der Waals surface area contributed by atoms with E-state index in [1.807, 2.05) is 0 Å². The Morgan fingerprint density at radius 3 is 2.43 bits per heavy atom. The van der Waals surface area contributed by atoms with Gasteiger partial charge in [-0.15, -0.1) is 11.3 Å². The van der Waals surface area contributed by atoms with E-state index in [-0.39, 0.29) is 11.5 Å². The first-order valence-electron chi connectivity index (χ1n) is 7.41. The molecule has 1 aliphatic carbocycles. The standard InChI is InChI=1S/C17H21BrN2S/c1-17(2,3)14-10-21-16(20-14)15(19-13-8-9-13)11-4-6-12(18)7-5-11/h4-7,10,13,15,19H,8-9H2,1-3H3. The second kappa shape index (κ2) is 5.82. The number of hydrogen-bond acceptors (Lipinski definition) is 3. The van der Waals surface area contributed by atoms with Crippen LogP contribution in [0.4, 0.5) is 0 Å². The molecule has 1 aromatic heterocycles. The summed E-state index contributed by atoms with van der Waals surface area (Å²) >= 11 is 5.28. The molecule has 2 aromatic rings. The Kier molecular flexibility index (Phi) is 4.21. The van der Waals surface area contributed by atoms with Crippen LogP contribution < -0.4 is 5.32 Å². The average Bonchev–Trinajstić information content (AvgIpc) is 3.10. The summed E-state index contributed by atoms with van der Waals surface area (Å²) in [4.78, 5) is 4.91. The van der Waals surface area contributed by atoms with Crippen LogP contribution in [0.2, 0.25) is 0 Å². The molecule has 1 fully saturated rings. The second-order valence-electron chi connectivity index (χ2n) is 6.75. The molecule has 0 spiro atoms. The van der Waals surface area contributed by atoms with Crippen molar-refractivity contribution in [1.29, 1.82) is 0 Å². The molecule has 4 heteroatoms. The first-order valence-corrected chi connectivity index (χ1v) is 9.08. The molecule has 1 atom stereocenters. The first-order chi connectivity index (χ1) is 9.93. The lowest BCUT2D eigenvalue weighted by Gasteiger charge is -2.18. The van der Waals surface area contributed by atoms with Crippen molar-refractivity contribution in [3.8, 4) is 0 Å². The van der Waals surface area contributed by atoms with Crippen LogP contribution in [-0.2, 0) is 5.41 Å². The van der Waals surface area contributed by atoms with Crippen molar-refractivity contribution in [3.63, 3.8) is 0 Å². The highest BCUT2D eigenvalue weighted by molar-refractivity contribution is 9.10. The highest BCUT2D eigenvalue weighted by Crippen LogP contribution is 2.33. The van der Waals surface area contributed by atoms with Gasteiger partial charge in [0.1, 0.15) is 5.01 Å². The summed E-state index contributed by atoms with van der Waals surface area (Å²) in [5, 5.41) is 7.12. The largest absolute Gasteiger partial charge is 0.301 e. The average molecular weight is 365 g/mol. The van der Waals surface area contributed by atoms with Crippen molar-refractivity contribution in [3.05, 3.63) is 50.4 Å². The van der Waals surface area contributed by atoms with Gasteiger partial charge in [-0.2, -0.15) is 0 Å². The fourth-order valence-electron chi connectivity index (χ4n) is 2.22. The molecule has 0 saturated heterocycles. The predicted molar refractivity (Wildman–Crippen MR) is 93.0 cm³/mol. The third-order valence-corrected chi connectivity index (χ3v) is 5.16. The number of halogens is 1. The molecule has 1 saturated carbocycles. The van der Waals surface area contributed by atoms with Gasteiger partial charge in [-0.05, 0) is 30.5 Å². The maximum Gasteiger partial charge on any atom is 0.114 e. The Morgan fingerprint density at radius 1 is 1.24 bits per heavy atom. The number of aromatic nitrogens is 1. The lowest BCUT2D eigenvalue weighted by Crippen LogP contribution is -2.24. The van der Waals surface area contributed by atoms with Crippen LogP contribution in [0.3, 0.4) is 0 Å². The Morgan fingerprint density at radius 2 is 1.90 bits per heavy atom. The molecule has 3 rings (SSSR count). The van der Waals surface area contributed by atoms with Gasteiger partial charge in [-0.1, -0.05) is 48.8 Å². The van der Waals surface area contributed by atoms with Gasteiger partial charge < -0.3 is 5.32 Å². The van der Waals surface area contributed by atoms with Gasteiger partial charge >= 0.3 is 0 Å². The number of rotatable bonds is 4. The van der Waals surface area contributed by atoms with Crippen molar-refractivity contribution in [1.82, 2.24) is 10.3 Å². The van der Waals surface area contributed by atoms with Gasteiger partial charge in [0.2, 0.25) is 0 Å². The Balaban J connectivity index is 1.91. The Hall–Kier alpha value is -0.710. The van der Waals surface area contributed by atoms with E-state index < -0.39 is 0 Å². The summed E-state index contributed by atoms with van der Waals surface area (Å²) < 4.78 is 1.12. The SMILES string of the molecule is CC(C)(C)c1csc(C(NC2CC2)c2ccc(Br)cc2)n1. The van der Waals surface area contributed by atoms with E-state index in [9.17, 15) is 0 Å². The van der Waals surface area contributed by atoms with Crippen molar-refractivity contribution in [2.24, 2.45) is 0 Å². The van der Waals surface area contributed by atoms with E-state index in [0.717, 1.165) is 4.47 Å². The van der Waals surface area contributed by atoms with Crippen molar-refractivity contribution in [2.45, 2.75) is 51.1 Å². The first kappa shape index (κ1) is 15.2. The minimum absolute atomic E-state index is 0.110. The molecule has 1 heterocycles. The molecule has 112 valence electrons. The van der Waals surface area contributed by atoms with Crippen LogP contribution in [-0.4, -0.2) is 11.0 Å². The second-order valence-corrected chi connectivity index (χ2v) is 8.55. The van der Waals surface area contributed by atoms with Gasteiger partial charge in [0.15, 0.2) is 0 Å². The molecule has 0 bridgehead atoms. The van der Waals surface area contributed by atoms with Gasteiger partial charge in [0.05, 0.1) is 11.7 Å². The summed E-state index contributed by atoms with van der Waals surface area (Å²) in [5.41, 5.74) is 2.58. The summed E-state index contributed by atoms with van der Waals surface area (Å²) in [7, 11) is 0. The zero-order valence-electron chi connectivity index (χ0n) is 12.7. The van der Waals surface area contributed by atoms with Crippen LogP contribution in [0, 0.1) is 0 Å². The van der Waals surface area contributed by atoms with Crippen molar-refractivity contribution >= 4 is 27.3 Å². The number of nitrogens with one attached hydrogen (secondary N) is 1. The van der Waals surface area contributed by atoms with Crippen LogP contribution >= 0.6 is 27.3 Å². The van der Waals surface area contributed by atoms with Crippen LogP contribution in [0.15, 0.2) is 34.1 Å². The fourth-order valence-corrected chi connectivity index (χ4v) is 3.61. The third-order valence-electron chi connectivity index (χ3n) is 3.72. The summed E-state index contributed by atoms with van der Waals surface area (Å²) in [6.07, 6.45) is 2.56. The number of thiazole rings is 1. The third kappa shape index (κ3) is 3.74. The molecule has 21 heavy (non-hydrogen) atoms. The smallest absolute Gasteiger partial charge is 0.114 e. The highest BCUT2D eigenvalue weighted by atomic mass is 79.9. The topological polar surface area (TPSA) is 24.9 Å². The minimum Gasteiger partial charge on any atom is -0.301 e. The molecule has 0 amide bonds. The summed E-state index contributed by atoms with van der Waals surface area (Å²) in [5.74, 6) is 0. The molecule has 0 radical (unpaired) electrons. The predicted octanol–water partition coefficient (Wildman–Crippen LogP) is 5.04. The molecule has 1 unspecified atom stereocenters. The Bertz CT molecular complexity index is 608. The van der Waals surface area contributed by atoms with Gasteiger partial charge in [-0.3, -0.25) is 0 Å². The monoisotopic (exact) mass is 364 g/mol. The van der Waals surface area contributed by atoms with Crippen LogP contribution in [0.5, 0.6) is 0 Å². The normalized spacial score (nSPS) is 17.0. The molecule has 0 aliphatic heterocycles. The quantitative estimate of drug-likeness (QED) is 0.821. The fraction of sp³-hybridized carbons (Fsp3) is 0.471. The maximum atomic E-state index is 4.91. The highest BCUT2D eigenvalue weighted by Gasteiger charge is 2.29. The van der Waals surface area contributed by atoms with E-state index >= 15 is 0 Å². The summed E-state index contributed by atoms with van der Waals surface area (Å²) in [6, 6.07) is 9.45. The molecule has 1 aliphatic rings. The number of hydrogen-bond donors (Lipinski definition) is 1. The summed E-state index contributed by atoms with van der Waals surface area (Å²) in [6.45, 7) is 6.65. The van der Waals surface area contributed by atoms with Crippen LogP contribution in [0.25, 0.3) is 0 Å². The molecule has 2 nitrogen and oxygen atoms in total. The molecule has 1 aromatic carbocycles. The van der Waals surface area contributed by atoms with E-state index in [1.54, 1.807) is 11.3 Å². The number of nitrogens with zero attached hydrogens (tertiary/aromatic N) is 1. The van der Waals surface area contributed by atoms with Crippen molar-refractivity contribution in [2.75, 3.05) is 0 Å². The van der Waals surface area contributed by atoms with Gasteiger partial charge in [0.25, 0.3) is 0 Å². The van der Waals surface area contributed by atoms with E-state index in [1.165, 1.54) is 29.1 Å². The van der Waals surface area contributed by atoms with Gasteiger partial charge in [-0.25, -0.2) is 4.98 Å². The zero-order valence-corrected chi connectivity index (χ0v) is 15.1. The van der Waals surface area contributed by atoms with Crippen LogP contribution in [0.1, 0.15) is 55.9 Å². The van der Waals surface area contributed by atoms with Crippen molar-refractivity contribution < 1.29 is 0 Å². The molecular weight excluding hydrogens is 344 g/mol. The van der Waals surface area contributed by atoms with E-state index in [2.05, 4.69) is 71.7 Å². The minimum atomic E-state index is 0.110. The van der Waals surface area contributed by atoms with E-state index in [4.69, 9.17) is 4.98 Å². The zero-order chi connectivity index (χ0) is 15.0. The lowest BCUT2D eigenvalue weighted by molar-refractivity contribution is 0.557. The van der Waals surface area contributed by atoms with E-state index in [0.29, 0.717) is 6.04 Å². The molecule has 1 N–H and O–H groups in total. The van der Waals surface area contributed by atoms with Gasteiger partial charge in [0, 0.05) is 21.3 Å².